The van der Waals surface area contributed by atoms with Gasteiger partial charge in [0.15, 0.2) is 5.78 Å². The minimum absolute atomic E-state index is 0.162. The van der Waals surface area contributed by atoms with Crippen LogP contribution in [0.4, 0.5) is 0 Å². The molecule has 0 aliphatic heterocycles. The number of aromatic nitrogens is 1. The summed E-state index contributed by atoms with van der Waals surface area (Å²) in [6, 6.07) is 6.08. The fourth-order valence-electron chi connectivity index (χ4n) is 2.23. The smallest absolute Gasteiger partial charge is 0.168 e. The van der Waals surface area contributed by atoms with Crippen molar-refractivity contribution in [2.24, 2.45) is 0 Å². The molecule has 17 heavy (non-hydrogen) atoms. The summed E-state index contributed by atoms with van der Waals surface area (Å²) in [7, 11) is 0. The van der Waals surface area contributed by atoms with E-state index in [1.54, 1.807) is 0 Å². The highest BCUT2D eigenvalue weighted by Crippen LogP contribution is 2.25. The van der Waals surface area contributed by atoms with Gasteiger partial charge in [-0.15, -0.1) is 0 Å². The van der Waals surface area contributed by atoms with E-state index < -0.39 is 0 Å². The van der Waals surface area contributed by atoms with Gasteiger partial charge in [-0.25, -0.2) is 4.98 Å². The average Bonchev–Trinajstić information content (AvgIpc) is 2.33. The van der Waals surface area contributed by atoms with Gasteiger partial charge in [0.1, 0.15) is 0 Å². The first-order chi connectivity index (χ1) is 8.16. The van der Waals surface area contributed by atoms with Crippen LogP contribution in [0.1, 0.15) is 33.6 Å². The van der Waals surface area contributed by atoms with E-state index in [1.807, 2.05) is 24.3 Å². The number of carbonyl (C=O) groups excluding carboxylic acids is 1. The average molecular weight is 223 g/mol. The molecule has 0 fully saturated rings. The van der Waals surface area contributed by atoms with Gasteiger partial charge in [-0.05, 0) is 37.1 Å². The van der Waals surface area contributed by atoms with E-state index >= 15 is 0 Å². The Bertz CT molecular complexity index is 668. The Hall–Kier alpha value is -1.96. The molecule has 0 atom stereocenters. The van der Waals surface area contributed by atoms with Crippen LogP contribution >= 0.6 is 0 Å². The summed E-state index contributed by atoms with van der Waals surface area (Å²) >= 11 is 0. The van der Waals surface area contributed by atoms with Gasteiger partial charge in [0, 0.05) is 17.4 Å². The number of fused-ring (bicyclic) bond motifs is 2. The summed E-state index contributed by atoms with van der Waals surface area (Å²) in [5.41, 5.74) is 4.99. The van der Waals surface area contributed by atoms with Gasteiger partial charge in [0.25, 0.3) is 0 Å². The van der Waals surface area contributed by atoms with Crippen LogP contribution in [0, 0.1) is 13.8 Å². The van der Waals surface area contributed by atoms with E-state index in [1.165, 1.54) is 11.1 Å². The van der Waals surface area contributed by atoms with E-state index in [2.05, 4.69) is 24.9 Å². The van der Waals surface area contributed by atoms with Crippen LogP contribution in [-0.4, -0.2) is 10.8 Å². The van der Waals surface area contributed by atoms with Crippen molar-refractivity contribution in [2.75, 3.05) is 0 Å². The third-order valence-corrected chi connectivity index (χ3v) is 3.42. The van der Waals surface area contributed by atoms with Crippen molar-refractivity contribution in [1.29, 1.82) is 0 Å². The highest BCUT2D eigenvalue weighted by atomic mass is 16.1. The van der Waals surface area contributed by atoms with Crippen LogP contribution in [0.2, 0.25) is 0 Å². The maximum atomic E-state index is 11.8. The Morgan fingerprint density at radius 3 is 2.88 bits per heavy atom. The van der Waals surface area contributed by atoms with E-state index in [-0.39, 0.29) is 5.78 Å². The summed E-state index contributed by atoms with van der Waals surface area (Å²) in [4.78, 5) is 16.4. The number of aryl methyl sites for hydroxylation is 2. The number of allylic oxidation sites excluding steroid dienone is 1. The lowest BCUT2D eigenvalue weighted by molar-refractivity contribution is 0.0994. The zero-order valence-corrected chi connectivity index (χ0v) is 9.95. The number of hydrogen-bond donors (Lipinski definition) is 0. The number of nitrogens with zero attached hydrogens (tertiary/aromatic N) is 1. The fourth-order valence-corrected chi connectivity index (χ4v) is 2.23. The molecule has 1 aliphatic carbocycles. The normalized spacial score (nSPS) is 14.1. The predicted octanol–water partition coefficient (Wildman–Crippen LogP) is 3.45. The maximum absolute atomic E-state index is 11.8. The maximum Gasteiger partial charge on any atom is 0.168 e. The van der Waals surface area contributed by atoms with E-state index in [0.29, 0.717) is 6.42 Å². The molecule has 0 spiro atoms. The molecule has 2 heteroatoms. The minimum atomic E-state index is 0.162. The van der Waals surface area contributed by atoms with Crippen LogP contribution in [0.25, 0.3) is 17.0 Å². The highest BCUT2D eigenvalue weighted by Gasteiger charge is 2.16. The summed E-state index contributed by atoms with van der Waals surface area (Å²) < 4.78 is 0. The van der Waals surface area contributed by atoms with Gasteiger partial charge < -0.3 is 0 Å². The predicted molar refractivity (Wildman–Crippen MR) is 69.2 cm³/mol. The van der Waals surface area contributed by atoms with Gasteiger partial charge in [-0.3, -0.25) is 4.79 Å². The number of pyridine rings is 1. The van der Waals surface area contributed by atoms with Crippen molar-refractivity contribution >= 4 is 22.8 Å². The first-order valence-electron chi connectivity index (χ1n) is 5.77. The first kappa shape index (κ1) is 10.2. The number of ketones is 1. The number of hydrogen-bond acceptors (Lipinski definition) is 2. The molecule has 1 heterocycles. The second-order valence-corrected chi connectivity index (χ2v) is 4.53. The molecule has 0 radical (unpaired) electrons. The Morgan fingerprint density at radius 2 is 2.06 bits per heavy atom. The third kappa shape index (κ3) is 1.48. The van der Waals surface area contributed by atoms with Gasteiger partial charge >= 0.3 is 0 Å². The zero-order chi connectivity index (χ0) is 12.0. The summed E-state index contributed by atoms with van der Waals surface area (Å²) in [5.74, 6) is 0.162. The number of rotatable bonds is 0. The van der Waals surface area contributed by atoms with Crippen molar-refractivity contribution in [3.63, 3.8) is 0 Å². The highest BCUT2D eigenvalue weighted by molar-refractivity contribution is 6.05. The summed E-state index contributed by atoms with van der Waals surface area (Å²) in [5, 5.41) is 1.05. The number of benzene rings is 1. The van der Waals surface area contributed by atoms with Crippen molar-refractivity contribution in [2.45, 2.75) is 20.3 Å². The van der Waals surface area contributed by atoms with Crippen molar-refractivity contribution in [1.82, 2.24) is 4.98 Å². The molecule has 0 saturated heterocycles. The summed E-state index contributed by atoms with van der Waals surface area (Å²) in [6.07, 6.45) is 4.32. The molecule has 84 valence electrons. The second-order valence-electron chi connectivity index (χ2n) is 4.53. The molecular weight excluding hydrogens is 210 g/mol. The molecule has 0 saturated carbocycles. The van der Waals surface area contributed by atoms with E-state index in [4.69, 9.17) is 0 Å². The van der Waals surface area contributed by atoms with E-state index in [9.17, 15) is 4.79 Å². The van der Waals surface area contributed by atoms with Gasteiger partial charge in [0.05, 0.1) is 11.2 Å². The monoisotopic (exact) mass is 223 g/mol. The molecule has 1 aliphatic rings. The van der Waals surface area contributed by atoms with Crippen molar-refractivity contribution in [3.8, 4) is 0 Å². The Morgan fingerprint density at radius 1 is 1.24 bits per heavy atom. The van der Waals surface area contributed by atoms with Crippen molar-refractivity contribution in [3.05, 3.63) is 46.7 Å². The molecule has 1 aromatic carbocycles. The molecule has 0 bridgehead atoms. The standard InChI is InChI=1S/C15H13NO/c1-9-6-7-11-8-12-13(4-3-5-14(12)17)16-15(11)10(9)2/h3-4,6-8H,5H2,1-2H3. The molecule has 0 N–H and O–H groups in total. The number of Topliss-reactive ketones (excluding diaryl/α,β-unsaturated/α-hetero) is 1. The topological polar surface area (TPSA) is 30.0 Å². The lowest BCUT2D eigenvalue weighted by atomic mass is 9.97. The van der Waals surface area contributed by atoms with Gasteiger partial charge in [-0.1, -0.05) is 18.2 Å². The molecular formula is C15H13NO. The van der Waals surface area contributed by atoms with Crippen molar-refractivity contribution < 1.29 is 4.79 Å². The van der Waals surface area contributed by atoms with Gasteiger partial charge in [0.2, 0.25) is 0 Å². The van der Waals surface area contributed by atoms with E-state index in [0.717, 1.165) is 22.2 Å². The van der Waals surface area contributed by atoms with Gasteiger partial charge in [-0.2, -0.15) is 0 Å². The quantitative estimate of drug-likeness (QED) is 0.684. The van der Waals surface area contributed by atoms with Crippen LogP contribution in [0.3, 0.4) is 0 Å². The first-order valence-corrected chi connectivity index (χ1v) is 5.77. The number of carbonyl (C=O) groups is 1. The Labute approximate surface area is 100.0 Å². The molecule has 2 nitrogen and oxygen atoms in total. The molecule has 2 aromatic rings. The minimum Gasteiger partial charge on any atom is -0.294 e. The molecule has 0 unspecified atom stereocenters. The van der Waals surface area contributed by atoms with Crippen LogP contribution in [0.15, 0.2) is 24.3 Å². The molecule has 1 aromatic heterocycles. The molecule has 3 rings (SSSR count). The van der Waals surface area contributed by atoms with Crippen LogP contribution in [-0.2, 0) is 0 Å². The molecule has 0 amide bonds. The second kappa shape index (κ2) is 3.52. The Balaban J connectivity index is 2.40. The third-order valence-electron chi connectivity index (χ3n) is 3.42. The Kier molecular flexibility index (Phi) is 2.11. The fraction of sp³-hybridized carbons (Fsp3) is 0.200. The van der Waals surface area contributed by atoms with Crippen LogP contribution in [0.5, 0.6) is 0 Å². The largest absolute Gasteiger partial charge is 0.294 e. The lowest BCUT2D eigenvalue weighted by Gasteiger charge is -2.12. The summed E-state index contributed by atoms with van der Waals surface area (Å²) in [6.45, 7) is 4.16. The lowest BCUT2D eigenvalue weighted by Crippen LogP contribution is -2.06. The zero-order valence-electron chi connectivity index (χ0n) is 9.95. The SMILES string of the molecule is Cc1ccc2cc3c(nc2c1C)C=CCC3=O. The van der Waals surface area contributed by atoms with Crippen LogP contribution < -0.4 is 0 Å².